The molecule has 0 saturated carbocycles. The van der Waals surface area contributed by atoms with Gasteiger partial charge in [0.15, 0.2) is 0 Å². The van der Waals surface area contributed by atoms with Gasteiger partial charge >= 0.3 is 6.03 Å². The molecule has 138 valence electrons. The van der Waals surface area contributed by atoms with E-state index in [1.54, 1.807) is 0 Å². The molecular formula is C18H29N5O2. The molecule has 7 nitrogen and oxygen atoms in total. The van der Waals surface area contributed by atoms with Gasteiger partial charge in [-0.2, -0.15) is 0 Å². The Morgan fingerprint density at radius 2 is 2.08 bits per heavy atom. The Morgan fingerprint density at radius 1 is 1.32 bits per heavy atom. The molecule has 2 aliphatic rings. The third-order valence-electron chi connectivity index (χ3n) is 4.83. The number of nitrogens with zero attached hydrogens (tertiary/aromatic N) is 4. The van der Waals surface area contributed by atoms with E-state index in [1.165, 1.54) is 0 Å². The summed E-state index contributed by atoms with van der Waals surface area (Å²) in [5.41, 5.74) is 0.993. The topological polar surface area (TPSA) is 70.6 Å². The highest BCUT2D eigenvalue weighted by Crippen LogP contribution is 2.19. The molecule has 3 heterocycles. The zero-order valence-electron chi connectivity index (χ0n) is 15.5. The Morgan fingerprint density at radius 3 is 2.72 bits per heavy atom. The first-order valence-electron chi connectivity index (χ1n) is 9.24. The molecule has 0 radical (unpaired) electrons. The van der Waals surface area contributed by atoms with E-state index >= 15 is 0 Å². The van der Waals surface area contributed by atoms with Crippen molar-refractivity contribution in [3.8, 4) is 0 Å². The van der Waals surface area contributed by atoms with E-state index in [4.69, 9.17) is 9.72 Å². The van der Waals surface area contributed by atoms with E-state index in [1.807, 2.05) is 17.9 Å². The Bertz CT molecular complexity index is 593. The Hall–Kier alpha value is -1.89. The molecule has 0 bridgehead atoms. The summed E-state index contributed by atoms with van der Waals surface area (Å²) >= 11 is 0. The lowest BCUT2D eigenvalue weighted by Gasteiger charge is -2.35. The van der Waals surface area contributed by atoms with Crippen molar-refractivity contribution in [2.24, 2.45) is 5.92 Å². The van der Waals surface area contributed by atoms with Crippen molar-refractivity contribution in [1.29, 1.82) is 0 Å². The highest BCUT2D eigenvalue weighted by molar-refractivity contribution is 5.74. The molecule has 1 aromatic rings. The fraction of sp³-hybridized carbons (Fsp3) is 0.722. The average Bonchev–Trinajstić information content (AvgIpc) is 3.13. The summed E-state index contributed by atoms with van der Waals surface area (Å²) in [5.74, 6) is 2.63. The second kappa shape index (κ2) is 7.99. The van der Waals surface area contributed by atoms with Gasteiger partial charge in [-0.05, 0) is 13.3 Å². The summed E-state index contributed by atoms with van der Waals surface area (Å²) in [6, 6.07) is 2.06. The first-order valence-corrected chi connectivity index (χ1v) is 9.24. The molecule has 1 N–H and O–H groups in total. The van der Waals surface area contributed by atoms with E-state index in [2.05, 4.69) is 29.0 Å². The van der Waals surface area contributed by atoms with Gasteiger partial charge in [-0.25, -0.2) is 14.8 Å². The van der Waals surface area contributed by atoms with Gasteiger partial charge in [-0.1, -0.05) is 13.8 Å². The number of hydrogen-bond acceptors (Lipinski definition) is 5. The van der Waals surface area contributed by atoms with Crippen LogP contribution >= 0.6 is 0 Å². The third-order valence-corrected chi connectivity index (χ3v) is 4.83. The Labute approximate surface area is 149 Å². The van der Waals surface area contributed by atoms with Crippen LogP contribution < -0.4 is 10.2 Å². The van der Waals surface area contributed by atoms with Gasteiger partial charge in [0.05, 0.1) is 6.61 Å². The maximum Gasteiger partial charge on any atom is 0.317 e. The molecule has 0 aliphatic carbocycles. The van der Waals surface area contributed by atoms with E-state index in [0.717, 1.165) is 50.1 Å². The molecule has 25 heavy (non-hydrogen) atoms. The van der Waals surface area contributed by atoms with Crippen molar-refractivity contribution >= 4 is 11.8 Å². The minimum atomic E-state index is 0.0355. The third kappa shape index (κ3) is 4.60. The SMILES string of the molecule is Cc1cc(N2CCN(C(=O)NCC3CCOC3)CC2)nc(C(C)C)n1. The Balaban J connectivity index is 1.52. The van der Waals surface area contributed by atoms with Crippen molar-refractivity contribution < 1.29 is 9.53 Å². The predicted octanol–water partition coefficient (Wildman–Crippen LogP) is 1.78. The number of amides is 2. The van der Waals surface area contributed by atoms with E-state index in [-0.39, 0.29) is 6.03 Å². The molecule has 2 aliphatic heterocycles. The predicted molar refractivity (Wildman–Crippen MR) is 97.0 cm³/mol. The van der Waals surface area contributed by atoms with E-state index in [9.17, 15) is 4.79 Å². The lowest BCUT2D eigenvalue weighted by Crippen LogP contribution is -2.52. The van der Waals surface area contributed by atoms with E-state index in [0.29, 0.717) is 31.5 Å². The first-order chi connectivity index (χ1) is 12.0. The quantitative estimate of drug-likeness (QED) is 0.899. The standard InChI is InChI=1S/C18H29N5O2/c1-13(2)17-20-14(3)10-16(21-17)22-5-7-23(8-6-22)18(24)19-11-15-4-9-25-12-15/h10,13,15H,4-9,11-12H2,1-3H3,(H,19,24). The molecule has 0 aromatic carbocycles. The van der Waals surface area contributed by atoms with Gasteiger partial charge in [0.1, 0.15) is 11.6 Å². The van der Waals surface area contributed by atoms with Crippen LogP contribution in [-0.2, 0) is 4.74 Å². The lowest BCUT2D eigenvalue weighted by molar-refractivity contribution is 0.179. The highest BCUT2D eigenvalue weighted by atomic mass is 16.5. The lowest BCUT2D eigenvalue weighted by atomic mass is 10.1. The number of urea groups is 1. The van der Waals surface area contributed by atoms with Gasteiger partial charge in [-0.3, -0.25) is 0 Å². The number of rotatable bonds is 4. The molecule has 7 heteroatoms. The molecule has 0 spiro atoms. The van der Waals surface area contributed by atoms with Crippen LogP contribution in [0.2, 0.25) is 0 Å². The number of nitrogens with one attached hydrogen (secondary N) is 1. The zero-order valence-corrected chi connectivity index (χ0v) is 15.5. The van der Waals surface area contributed by atoms with Crippen LogP contribution in [-0.4, -0.2) is 66.8 Å². The van der Waals surface area contributed by atoms with Gasteiger partial charge in [-0.15, -0.1) is 0 Å². The van der Waals surface area contributed by atoms with Crippen LogP contribution in [0.1, 0.15) is 37.7 Å². The second-order valence-corrected chi connectivity index (χ2v) is 7.27. The summed E-state index contributed by atoms with van der Waals surface area (Å²) in [6.07, 6.45) is 1.04. The highest BCUT2D eigenvalue weighted by Gasteiger charge is 2.24. The zero-order chi connectivity index (χ0) is 17.8. The number of anilines is 1. The smallest absolute Gasteiger partial charge is 0.317 e. The molecule has 2 fully saturated rings. The molecule has 1 aromatic heterocycles. The monoisotopic (exact) mass is 347 g/mol. The van der Waals surface area contributed by atoms with Crippen molar-refractivity contribution in [2.75, 3.05) is 50.8 Å². The van der Waals surface area contributed by atoms with Gasteiger partial charge < -0.3 is 19.9 Å². The van der Waals surface area contributed by atoms with Crippen LogP contribution in [0, 0.1) is 12.8 Å². The number of aromatic nitrogens is 2. The second-order valence-electron chi connectivity index (χ2n) is 7.27. The number of ether oxygens (including phenoxy) is 1. The maximum absolute atomic E-state index is 12.3. The largest absolute Gasteiger partial charge is 0.381 e. The van der Waals surface area contributed by atoms with Crippen LogP contribution in [0.25, 0.3) is 0 Å². The molecule has 2 saturated heterocycles. The van der Waals surface area contributed by atoms with Gasteiger partial charge in [0.2, 0.25) is 0 Å². The minimum Gasteiger partial charge on any atom is -0.381 e. The average molecular weight is 347 g/mol. The summed E-state index contributed by atoms with van der Waals surface area (Å²) < 4.78 is 5.35. The van der Waals surface area contributed by atoms with Crippen molar-refractivity contribution in [2.45, 2.75) is 33.1 Å². The minimum absolute atomic E-state index is 0.0355. The molecular weight excluding hydrogens is 318 g/mol. The normalized spacial score (nSPS) is 21.0. The fourth-order valence-corrected chi connectivity index (χ4v) is 3.22. The van der Waals surface area contributed by atoms with Crippen molar-refractivity contribution in [3.05, 3.63) is 17.6 Å². The Kier molecular flexibility index (Phi) is 5.73. The fourth-order valence-electron chi connectivity index (χ4n) is 3.22. The summed E-state index contributed by atoms with van der Waals surface area (Å²) in [6.45, 7) is 11.5. The van der Waals surface area contributed by atoms with Crippen LogP contribution in [0.3, 0.4) is 0 Å². The molecule has 1 unspecified atom stereocenters. The number of carbonyl (C=O) groups is 1. The summed E-state index contributed by atoms with van der Waals surface area (Å²) in [5, 5.41) is 3.04. The van der Waals surface area contributed by atoms with Crippen LogP contribution in [0.15, 0.2) is 6.07 Å². The number of carbonyl (C=O) groups excluding carboxylic acids is 1. The first kappa shape index (κ1) is 17.9. The molecule has 2 amide bonds. The van der Waals surface area contributed by atoms with Gasteiger partial charge in [0, 0.05) is 62.9 Å². The van der Waals surface area contributed by atoms with Crippen LogP contribution in [0.4, 0.5) is 10.6 Å². The number of piperazine rings is 1. The molecule has 1 atom stereocenters. The molecule has 3 rings (SSSR count). The van der Waals surface area contributed by atoms with Crippen LogP contribution in [0.5, 0.6) is 0 Å². The van der Waals surface area contributed by atoms with Crippen molar-refractivity contribution in [1.82, 2.24) is 20.2 Å². The van der Waals surface area contributed by atoms with E-state index < -0.39 is 0 Å². The van der Waals surface area contributed by atoms with Crippen molar-refractivity contribution in [3.63, 3.8) is 0 Å². The number of hydrogen-bond donors (Lipinski definition) is 1. The summed E-state index contributed by atoms with van der Waals surface area (Å²) in [7, 11) is 0. The summed E-state index contributed by atoms with van der Waals surface area (Å²) in [4.78, 5) is 25.7. The van der Waals surface area contributed by atoms with Gasteiger partial charge in [0.25, 0.3) is 0 Å². The number of aryl methyl sites for hydroxylation is 1. The maximum atomic E-state index is 12.3.